The van der Waals surface area contributed by atoms with E-state index in [9.17, 15) is 5.26 Å². The summed E-state index contributed by atoms with van der Waals surface area (Å²) in [4.78, 5) is 2.55. The summed E-state index contributed by atoms with van der Waals surface area (Å²) in [6.45, 7) is 8.18. The fraction of sp³-hybridized carbons (Fsp3) is 0.688. The molecule has 124 valence electrons. The van der Waals surface area contributed by atoms with Crippen LogP contribution in [0.2, 0.25) is 0 Å². The van der Waals surface area contributed by atoms with Crippen molar-refractivity contribution in [2.24, 2.45) is 0 Å². The third-order valence-corrected chi connectivity index (χ3v) is 6.15. The molecule has 0 radical (unpaired) electrons. The van der Waals surface area contributed by atoms with Crippen molar-refractivity contribution in [2.45, 2.75) is 25.8 Å². The van der Waals surface area contributed by atoms with Crippen molar-refractivity contribution in [3.05, 3.63) is 16.8 Å². The van der Waals surface area contributed by atoms with Crippen molar-refractivity contribution in [1.29, 1.82) is 5.26 Å². The largest absolute Gasteiger partial charge is 0.379 e. The van der Waals surface area contributed by atoms with E-state index in [1.165, 1.54) is 5.75 Å². The lowest BCUT2D eigenvalue weighted by Gasteiger charge is -2.43. The molecule has 0 bridgehead atoms. The SMILES string of the molecule is Cc1nnc(NC[C@]2(N3CCOCC3)CCSC2)c(C#N)c1C. The minimum atomic E-state index is 0.127. The van der Waals surface area contributed by atoms with E-state index in [-0.39, 0.29) is 5.54 Å². The highest BCUT2D eigenvalue weighted by Gasteiger charge is 2.40. The molecule has 1 aromatic heterocycles. The Kier molecular flexibility index (Phi) is 5.05. The summed E-state index contributed by atoms with van der Waals surface area (Å²) >= 11 is 2.00. The fourth-order valence-electron chi connectivity index (χ4n) is 3.25. The molecule has 23 heavy (non-hydrogen) atoms. The molecule has 0 unspecified atom stereocenters. The zero-order valence-electron chi connectivity index (χ0n) is 13.8. The van der Waals surface area contributed by atoms with Crippen molar-refractivity contribution in [3.63, 3.8) is 0 Å². The zero-order chi connectivity index (χ0) is 16.3. The quantitative estimate of drug-likeness (QED) is 0.897. The van der Waals surface area contributed by atoms with E-state index in [0.29, 0.717) is 11.4 Å². The third-order valence-electron chi connectivity index (χ3n) is 4.92. The van der Waals surface area contributed by atoms with Crippen molar-refractivity contribution in [1.82, 2.24) is 15.1 Å². The molecule has 1 aromatic rings. The molecule has 3 heterocycles. The van der Waals surface area contributed by atoms with Crippen LogP contribution >= 0.6 is 11.8 Å². The maximum Gasteiger partial charge on any atom is 0.166 e. The summed E-state index contributed by atoms with van der Waals surface area (Å²) in [5.41, 5.74) is 2.46. The van der Waals surface area contributed by atoms with E-state index in [1.807, 2.05) is 25.6 Å². The molecule has 2 aliphatic rings. The van der Waals surface area contributed by atoms with E-state index in [1.54, 1.807) is 0 Å². The number of rotatable bonds is 4. The monoisotopic (exact) mass is 333 g/mol. The molecule has 2 fully saturated rings. The Bertz CT molecular complexity index is 603. The highest BCUT2D eigenvalue weighted by Crippen LogP contribution is 2.34. The van der Waals surface area contributed by atoms with Gasteiger partial charge in [-0.15, -0.1) is 5.10 Å². The summed E-state index contributed by atoms with van der Waals surface area (Å²) in [7, 11) is 0. The molecule has 7 heteroatoms. The van der Waals surface area contributed by atoms with Crippen molar-refractivity contribution in [2.75, 3.05) is 49.7 Å². The van der Waals surface area contributed by atoms with Crippen LogP contribution in [-0.2, 0) is 4.74 Å². The predicted octanol–water partition coefficient (Wildman–Crippen LogP) is 1.58. The van der Waals surface area contributed by atoms with Crippen LogP contribution in [0.4, 0.5) is 5.82 Å². The van der Waals surface area contributed by atoms with E-state index < -0.39 is 0 Å². The Morgan fingerprint density at radius 1 is 1.35 bits per heavy atom. The molecule has 6 nitrogen and oxygen atoms in total. The lowest BCUT2D eigenvalue weighted by molar-refractivity contribution is -0.00923. The first-order valence-corrected chi connectivity index (χ1v) is 9.20. The number of morpholine rings is 1. The van der Waals surface area contributed by atoms with Gasteiger partial charge in [-0.2, -0.15) is 22.1 Å². The number of anilines is 1. The van der Waals surface area contributed by atoms with E-state index in [0.717, 1.165) is 56.3 Å². The van der Waals surface area contributed by atoms with Crippen LogP contribution in [0, 0.1) is 25.2 Å². The number of aromatic nitrogens is 2. The highest BCUT2D eigenvalue weighted by molar-refractivity contribution is 7.99. The molecule has 1 atom stereocenters. The first kappa shape index (κ1) is 16.5. The number of nitrogens with one attached hydrogen (secondary N) is 1. The molecule has 1 N–H and O–H groups in total. The zero-order valence-corrected chi connectivity index (χ0v) is 14.6. The fourth-order valence-corrected chi connectivity index (χ4v) is 4.73. The molecule has 2 aliphatic heterocycles. The van der Waals surface area contributed by atoms with Gasteiger partial charge in [-0.25, -0.2) is 0 Å². The van der Waals surface area contributed by atoms with Crippen LogP contribution < -0.4 is 5.32 Å². The van der Waals surface area contributed by atoms with Crippen LogP contribution in [0.25, 0.3) is 0 Å². The topological polar surface area (TPSA) is 74.1 Å². The number of nitrogens with zero attached hydrogens (tertiary/aromatic N) is 4. The summed E-state index contributed by atoms with van der Waals surface area (Å²) < 4.78 is 5.50. The summed E-state index contributed by atoms with van der Waals surface area (Å²) in [6, 6.07) is 2.27. The molecule has 0 amide bonds. The molecule has 0 saturated carbocycles. The van der Waals surface area contributed by atoms with Crippen LogP contribution in [0.5, 0.6) is 0 Å². The second-order valence-corrected chi connectivity index (χ2v) is 7.33. The van der Waals surface area contributed by atoms with Crippen LogP contribution in [0.1, 0.15) is 23.2 Å². The van der Waals surface area contributed by atoms with Gasteiger partial charge in [0.25, 0.3) is 0 Å². The third kappa shape index (κ3) is 3.30. The van der Waals surface area contributed by atoms with Crippen molar-refractivity contribution < 1.29 is 4.74 Å². The summed E-state index contributed by atoms with van der Waals surface area (Å²) in [6.07, 6.45) is 1.16. The number of thioether (sulfide) groups is 1. The van der Waals surface area contributed by atoms with Gasteiger partial charge in [0, 0.05) is 30.9 Å². The van der Waals surface area contributed by atoms with E-state index in [4.69, 9.17) is 4.74 Å². The van der Waals surface area contributed by atoms with Gasteiger partial charge in [0.1, 0.15) is 11.6 Å². The van der Waals surface area contributed by atoms with Gasteiger partial charge in [-0.05, 0) is 31.6 Å². The average Bonchev–Trinajstić information content (AvgIpc) is 3.07. The van der Waals surface area contributed by atoms with Crippen LogP contribution in [0.15, 0.2) is 0 Å². The van der Waals surface area contributed by atoms with Gasteiger partial charge in [-0.1, -0.05) is 0 Å². The predicted molar refractivity (Wildman–Crippen MR) is 91.8 cm³/mol. The second kappa shape index (κ2) is 7.04. The number of hydrogen-bond donors (Lipinski definition) is 1. The Morgan fingerprint density at radius 3 is 2.78 bits per heavy atom. The molecule has 0 aliphatic carbocycles. The summed E-state index contributed by atoms with van der Waals surface area (Å²) in [5.74, 6) is 2.91. The summed E-state index contributed by atoms with van der Waals surface area (Å²) in [5, 5.41) is 21.2. The number of nitriles is 1. The normalized spacial score (nSPS) is 25.3. The maximum atomic E-state index is 9.44. The van der Waals surface area contributed by atoms with Gasteiger partial charge in [0.2, 0.25) is 0 Å². The smallest absolute Gasteiger partial charge is 0.166 e. The molecule has 3 rings (SSSR count). The Morgan fingerprint density at radius 2 is 2.13 bits per heavy atom. The lowest BCUT2D eigenvalue weighted by Crippen LogP contribution is -2.57. The Hall–Kier alpha value is -1.36. The Labute approximate surface area is 141 Å². The number of hydrogen-bond acceptors (Lipinski definition) is 7. The average molecular weight is 333 g/mol. The number of ether oxygens (including phenoxy) is 1. The van der Waals surface area contributed by atoms with Gasteiger partial charge in [-0.3, -0.25) is 4.90 Å². The second-order valence-electron chi connectivity index (χ2n) is 6.23. The van der Waals surface area contributed by atoms with Gasteiger partial charge >= 0.3 is 0 Å². The van der Waals surface area contributed by atoms with Crippen molar-refractivity contribution in [3.8, 4) is 6.07 Å². The molecular weight excluding hydrogens is 310 g/mol. The molecule has 0 aromatic carbocycles. The van der Waals surface area contributed by atoms with E-state index >= 15 is 0 Å². The Balaban J connectivity index is 1.78. The first-order valence-electron chi connectivity index (χ1n) is 8.05. The molecule has 2 saturated heterocycles. The first-order chi connectivity index (χ1) is 11.2. The minimum absolute atomic E-state index is 0.127. The molecule has 0 spiro atoms. The number of aryl methyl sites for hydroxylation is 1. The lowest BCUT2D eigenvalue weighted by atomic mass is 9.95. The maximum absolute atomic E-state index is 9.44. The van der Waals surface area contributed by atoms with Gasteiger partial charge < -0.3 is 10.1 Å². The van der Waals surface area contributed by atoms with E-state index in [2.05, 4.69) is 26.5 Å². The molecular formula is C16H23N5OS. The minimum Gasteiger partial charge on any atom is -0.379 e. The van der Waals surface area contributed by atoms with Gasteiger partial charge in [0.15, 0.2) is 5.82 Å². The van der Waals surface area contributed by atoms with Crippen molar-refractivity contribution >= 4 is 17.6 Å². The van der Waals surface area contributed by atoms with Gasteiger partial charge in [0.05, 0.1) is 18.9 Å². The van der Waals surface area contributed by atoms with Crippen LogP contribution in [0.3, 0.4) is 0 Å². The standard InChI is InChI=1S/C16H23N5OS/c1-12-13(2)19-20-15(14(12)9-17)18-10-16(3-8-23-11-16)21-4-6-22-7-5-21/h3-8,10-11H2,1-2H3,(H,18,20)/t16-/m1/s1. The highest BCUT2D eigenvalue weighted by atomic mass is 32.2. The van der Waals surface area contributed by atoms with Crippen LogP contribution in [-0.4, -0.2) is 65.0 Å².